The first-order valence-corrected chi connectivity index (χ1v) is 6.03. The second-order valence-electron chi connectivity index (χ2n) is 4.94. The van der Waals surface area contributed by atoms with Crippen LogP contribution in [-0.2, 0) is 0 Å². The van der Waals surface area contributed by atoms with Gasteiger partial charge in [-0.05, 0) is 30.2 Å². The van der Waals surface area contributed by atoms with Crippen molar-refractivity contribution in [2.75, 3.05) is 12.9 Å². The van der Waals surface area contributed by atoms with Crippen LogP contribution in [0.15, 0.2) is 16.6 Å². The number of aliphatic hydroxyl groups is 1. The molecule has 0 radical (unpaired) electrons. The molecule has 1 unspecified atom stereocenters. The number of thioether (sulfide) groups is 1. The minimum absolute atomic E-state index is 0.0800. The van der Waals surface area contributed by atoms with E-state index in [1.54, 1.807) is 11.8 Å². The summed E-state index contributed by atoms with van der Waals surface area (Å²) in [5, 5.41) is 10.3. The minimum Gasteiger partial charge on any atom is -0.394 e. The van der Waals surface area contributed by atoms with E-state index in [0.29, 0.717) is 0 Å². The molecule has 0 aromatic rings. The summed E-state index contributed by atoms with van der Waals surface area (Å²) >= 11 is 1.66. The Kier molecular flexibility index (Phi) is 3.12. The van der Waals surface area contributed by atoms with E-state index in [2.05, 4.69) is 31.8 Å². The lowest BCUT2D eigenvalue weighted by Crippen LogP contribution is -2.22. The van der Waals surface area contributed by atoms with Gasteiger partial charge >= 0.3 is 0 Å². The molecule has 0 spiro atoms. The third-order valence-electron chi connectivity index (χ3n) is 2.36. The van der Waals surface area contributed by atoms with Crippen molar-refractivity contribution in [1.29, 1.82) is 0 Å². The summed E-state index contributed by atoms with van der Waals surface area (Å²) in [6.45, 7) is 8.56. The maximum absolute atomic E-state index is 9.26. The summed E-state index contributed by atoms with van der Waals surface area (Å²) in [6.07, 6.45) is 4.13. The zero-order valence-electron chi connectivity index (χ0n) is 9.59. The van der Waals surface area contributed by atoms with Crippen LogP contribution in [0.5, 0.6) is 0 Å². The topological polar surface area (TPSA) is 32.6 Å². The first-order valence-electron chi connectivity index (χ1n) is 4.81. The fourth-order valence-electron chi connectivity index (χ4n) is 1.47. The molecule has 1 heterocycles. The van der Waals surface area contributed by atoms with Gasteiger partial charge in [0.15, 0.2) is 0 Å². The lowest BCUT2D eigenvalue weighted by Gasteiger charge is -2.21. The maximum Gasteiger partial charge on any atom is 0.101 e. The Bertz CT molecular complexity index is 288. The first-order chi connectivity index (χ1) is 6.32. The molecule has 0 saturated carbocycles. The number of nitrogens with zero attached hydrogens (tertiary/aromatic N) is 1. The number of hydrogen-bond donors (Lipinski definition) is 1. The molecule has 0 bridgehead atoms. The van der Waals surface area contributed by atoms with Gasteiger partial charge in [0.2, 0.25) is 0 Å². The number of aliphatic hydroxyl groups excluding tert-OH is 1. The molecule has 1 aliphatic rings. The van der Waals surface area contributed by atoms with Gasteiger partial charge in [0, 0.05) is 0 Å². The predicted octanol–water partition coefficient (Wildman–Crippen LogP) is 2.49. The molecule has 80 valence electrons. The normalized spacial score (nSPS) is 27.6. The third-order valence-corrected chi connectivity index (χ3v) is 3.06. The van der Waals surface area contributed by atoms with Gasteiger partial charge in [0.05, 0.1) is 11.7 Å². The van der Waals surface area contributed by atoms with Crippen molar-refractivity contribution in [3.63, 3.8) is 0 Å². The third kappa shape index (κ3) is 2.20. The Hall–Kier alpha value is -0.280. The molecule has 1 atom stereocenters. The Balaban J connectivity index is 3.09. The fraction of sp³-hybridized carbons (Fsp3) is 0.727. The van der Waals surface area contributed by atoms with Crippen molar-refractivity contribution in [2.45, 2.75) is 33.2 Å². The van der Waals surface area contributed by atoms with E-state index in [9.17, 15) is 5.11 Å². The Morgan fingerprint density at radius 1 is 1.50 bits per heavy atom. The van der Waals surface area contributed by atoms with Gasteiger partial charge < -0.3 is 5.11 Å². The SMILES string of the molecule is CSC1=NC(C)(CO)C=C1C(C)(C)C. The van der Waals surface area contributed by atoms with E-state index in [1.807, 2.05) is 13.2 Å². The molecule has 0 saturated heterocycles. The van der Waals surface area contributed by atoms with Crippen LogP contribution in [0.2, 0.25) is 0 Å². The van der Waals surface area contributed by atoms with Gasteiger partial charge in [-0.25, -0.2) is 0 Å². The van der Waals surface area contributed by atoms with Gasteiger partial charge in [-0.2, -0.15) is 0 Å². The lowest BCUT2D eigenvalue weighted by atomic mass is 9.85. The Morgan fingerprint density at radius 3 is 2.36 bits per heavy atom. The summed E-state index contributed by atoms with van der Waals surface area (Å²) in [5.74, 6) is 0. The van der Waals surface area contributed by atoms with Crippen molar-refractivity contribution in [3.05, 3.63) is 11.6 Å². The number of aliphatic imine (C=N–C) groups is 1. The van der Waals surface area contributed by atoms with Gasteiger partial charge in [-0.1, -0.05) is 20.8 Å². The van der Waals surface area contributed by atoms with E-state index in [1.165, 1.54) is 5.57 Å². The van der Waals surface area contributed by atoms with Crippen molar-refractivity contribution < 1.29 is 5.11 Å². The van der Waals surface area contributed by atoms with Crippen LogP contribution in [0, 0.1) is 5.41 Å². The quantitative estimate of drug-likeness (QED) is 0.726. The molecule has 0 aromatic heterocycles. The number of rotatable bonds is 1. The second-order valence-corrected chi connectivity index (χ2v) is 5.74. The van der Waals surface area contributed by atoms with Gasteiger partial charge in [-0.15, -0.1) is 11.8 Å². The molecule has 0 amide bonds. The number of hydrogen-bond acceptors (Lipinski definition) is 3. The van der Waals surface area contributed by atoms with Crippen LogP contribution >= 0.6 is 11.8 Å². The van der Waals surface area contributed by atoms with Crippen LogP contribution in [-0.4, -0.2) is 28.6 Å². The molecule has 3 heteroatoms. The highest BCUT2D eigenvalue weighted by Crippen LogP contribution is 2.37. The standard InChI is InChI=1S/C11H19NOS/c1-10(2,3)8-6-11(4,7-13)12-9(8)14-5/h6,13H,7H2,1-5H3. The van der Waals surface area contributed by atoms with Crippen molar-refractivity contribution in [1.82, 2.24) is 0 Å². The molecule has 0 aromatic carbocycles. The summed E-state index contributed by atoms with van der Waals surface area (Å²) in [6, 6.07) is 0. The van der Waals surface area contributed by atoms with Crippen LogP contribution in [0.3, 0.4) is 0 Å². The first kappa shape index (κ1) is 11.8. The molecular formula is C11H19NOS. The fourth-order valence-corrected chi connectivity index (χ4v) is 2.36. The van der Waals surface area contributed by atoms with Crippen molar-refractivity contribution in [3.8, 4) is 0 Å². The van der Waals surface area contributed by atoms with E-state index in [0.717, 1.165) is 5.04 Å². The zero-order chi connectivity index (χ0) is 11.0. The lowest BCUT2D eigenvalue weighted by molar-refractivity contribution is 0.241. The summed E-state index contributed by atoms with van der Waals surface area (Å²) < 4.78 is 0. The summed E-state index contributed by atoms with van der Waals surface area (Å²) in [4.78, 5) is 4.54. The molecule has 2 nitrogen and oxygen atoms in total. The van der Waals surface area contributed by atoms with Crippen LogP contribution in [0.4, 0.5) is 0 Å². The monoisotopic (exact) mass is 213 g/mol. The van der Waals surface area contributed by atoms with E-state index in [-0.39, 0.29) is 12.0 Å². The van der Waals surface area contributed by atoms with Gasteiger partial charge in [0.1, 0.15) is 5.54 Å². The smallest absolute Gasteiger partial charge is 0.101 e. The largest absolute Gasteiger partial charge is 0.394 e. The van der Waals surface area contributed by atoms with Crippen LogP contribution < -0.4 is 0 Å². The van der Waals surface area contributed by atoms with Crippen LogP contribution in [0.25, 0.3) is 0 Å². The predicted molar refractivity (Wildman–Crippen MR) is 64.0 cm³/mol. The Labute approximate surface area is 90.5 Å². The average Bonchev–Trinajstić information content (AvgIpc) is 2.43. The molecule has 0 aliphatic carbocycles. The van der Waals surface area contributed by atoms with Crippen LogP contribution in [0.1, 0.15) is 27.7 Å². The van der Waals surface area contributed by atoms with Crippen molar-refractivity contribution in [2.24, 2.45) is 10.4 Å². The second kappa shape index (κ2) is 3.70. The molecule has 1 aliphatic heterocycles. The van der Waals surface area contributed by atoms with E-state index < -0.39 is 5.54 Å². The molecule has 14 heavy (non-hydrogen) atoms. The molecular weight excluding hydrogens is 194 g/mol. The maximum atomic E-state index is 9.26. The molecule has 1 N–H and O–H groups in total. The zero-order valence-corrected chi connectivity index (χ0v) is 10.4. The van der Waals surface area contributed by atoms with E-state index in [4.69, 9.17) is 0 Å². The summed E-state index contributed by atoms with van der Waals surface area (Å²) in [5.41, 5.74) is 0.956. The summed E-state index contributed by atoms with van der Waals surface area (Å²) in [7, 11) is 0. The molecule has 0 fully saturated rings. The average molecular weight is 213 g/mol. The Morgan fingerprint density at radius 2 is 2.07 bits per heavy atom. The minimum atomic E-state index is -0.402. The highest BCUT2D eigenvalue weighted by Gasteiger charge is 2.33. The van der Waals surface area contributed by atoms with Crippen molar-refractivity contribution >= 4 is 16.8 Å². The highest BCUT2D eigenvalue weighted by atomic mass is 32.2. The van der Waals surface area contributed by atoms with Gasteiger partial charge in [0.25, 0.3) is 0 Å². The molecule has 1 rings (SSSR count). The highest BCUT2D eigenvalue weighted by molar-refractivity contribution is 8.13. The van der Waals surface area contributed by atoms with Gasteiger partial charge in [-0.3, -0.25) is 4.99 Å². The van der Waals surface area contributed by atoms with E-state index >= 15 is 0 Å².